The Morgan fingerprint density at radius 3 is 2.07 bits per heavy atom. The molecular weight excluding hydrogens is 184 g/mol. The lowest BCUT2D eigenvalue weighted by molar-refractivity contribution is -0.139. The van der Waals surface area contributed by atoms with E-state index in [1.165, 1.54) is 6.92 Å². The molecule has 2 atom stereocenters. The highest BCUT2D eigenvalue weighted by molar-refractivity contribution is 5.86. The van der Waals surface area contributed by atoms with Crippen LogP contribution in [0.15, 0.2) is 11.6 Å². The summed E-state index contributed by atoms with van der Waals surface area (Å²) in [5, 5.41) is 17.5. The molecule has 0 aliphatic heterocycles. The molecule has 1 rings (SSSR count). The molecule has 1 saturated carbocycles. The van der Waals surface area contributed by atoms with E-state index in [-0.39, 0.29) is 16.9 Å². The van der Waals surface area contributed by atoms with E-state index in [0.29, 0.717) is 0 Å². The molecule has 1 fully saturated rings. The highest BCUT2D eigenvalue weighted by atomic mass is 16.4. The van der Waals surface area contributed by atoms with E-state index in [2.05, 4.69) is 0 Å². The van der Waals surface area contributed by atoms with Gasteiger partial charge < -0.3 is 10.2 Å². The van der Waals surface area contributed by atoms with Gasteiger partial charge in [0.2, 0.25) is 0 Å². The maximum atomic E-state index is 10.8. The molecule has 0 unspecified atom stereocenters. The molecule has 0 saturated heterocycles. The van der Waals surface area contributed by atoms with E-state index in [1.807, 2.05) is 13.8 Å². The third-order valence-corrected chi connectivity index (χ3v) is 2.94. The maximum Gasteiger partial charge on any atom is 0.330 e. The fraction of sp³-hybridized carbons (Fsp3) is 0.600. The van der Waals surface area contributed by atoms with Gasteiger partial charge in [0.15, 0.2) is 0 Å². The predicted molar refractivity (Wildman–Crippen MR) is 49.8 cm³/mol. The molecule has 4 heteroatoms. The van der Waals surface area contributed by atoms with Gasteiger partial charge in [0.1, 0.15) is 0 Å². The molecule has 0 aromatic rings. The average molecular weight is 198 g/mol. The topological polar surface area (TPSA) is 74.6 Å². The number of rotatable bonds is 3. The first kappa shape index (κ1) is 10.8. The normalized spacial score (nSPS) is 29.8. The van der Waals surface area contributed by atoms with Crippen molar-refractivity contribution in [1.82, 2.24) is 0 Å². The minimum atomic E-state index is -0.989. The molecule has 0 amide bonds. The van der Waals surface area contributed by atoms with E-state index in [0.717, 1.165) is 0 Å². The quantitative estimate of drug-likeness (QED) is 0.672. The molecule has 1 aliphatic rings. The first-order valence-corrected chi connectivity index (χ1v) is 4.43. The minimum Gasteiger partial charge on any atom is -0.481 e. The SMILES string of the molecule is C/C(=C\[C@H]1[C@@H](C(=O)O)C1(C)C)C(=O)O. The van der Waals surface area contributed by atoms with E-state index in [4.69, 9.17) is 10.2 Å². The first-order chi connectivity index (χ1) is 6.28. The van der Waals surface area contributed by atoms with Crippen molar-refractivity contribution < 1.29 is 19.8 Å². The van der Waals surface area contributed by atoms with Crippen LogP contribution >= 0.6 is 0 Å². The standard InChI is InChI=1S/C10H14O4/c1-5(8(11)12)4-6-7(9(13)14)10(6,2)3/h4,6-7H,1-3H3,(H,11,12)(H,13,14)/b5-4+/t6-,7-/m0/s1. The van der Waals surface area contributed by atoms with E-state index in [1.54, 1.807) is 6.08 Å². The Morgan fingerprint density at radius 1 is 1.29 bits per heavy atom. The van der Waals surface area contributed by atoms with Gasteiger partial charge >= 0.3 is 11.9 Å². The number of carboxylic acid groups (broad SMARTS) is 2. The molecule has 1 aliphatic carbocycles. The molecule has 0 spiro atoms. The predicted octanol–water partition coefficient (Wildman–Crippen LogP) is 1.37. The van der Waals surface area contributed by atoms with Crippen molar-refractivity contribution in [2.75, 3.05) is 0 Å². The molecule has 0 aromatic heterocycles. The van der Waals surface area contributed by atoms with Gasteiger partial charge in [-0.1, -0.05) is 19.9 Å². The van der Waals surface area contributed by atoms with Crippen LogP contribution in [0.3, 0.4) is 0 Å². The van der Waals surface area contributed by atoms with Crippen molar-refractivity contribution >= 4 is 11.9 Å². The number of carboxylic acids is 2. The number of hydrogen-bond donors (Lipinski definition) is 2. The lowest BCUT2D eigenvalue weighted by Crippen LogP contribution is -2.03. The summed E-state index contributed by atoms with van der Waals surface area (Å²) < 4.78 is 0. The zero-order chi connectivity index (χ0) is 11.1. The number of allylic oxidation sites excluding steroid dienone is 1. The summed E-state index contributed by atoms with van der Waals surface area (Å²) in [4.78, 5) is 21.3. The number of hydrogen-bond acceptors (Lipinski definition) is 2. The van der Waals surface area contributed by atoms with Crippen LogP contribution in [0.2, 0.25) is 0 Å². The summed E-state index contributed by atoms with van der Waals surface area (Å²) >= 11 is 0. The molecule has 0 bridgehead atoms. The highest BCUT2D eigenvalue weighted by Crippen LogP contribution is 2.59. The molecule has 0 radical (unpaired) electrons. The van der Waals surface area contributed by atoms with Gasteiger partial charge in [-0.15, -0.1) is 0 Å². The van der Waals surface area contributed by atoms with Crippen LogP contribution in [0.5, 0.6) is 0 Å². The fourth-order valence-corrected chi connectivity index (χ4v) is 1.80. The second-order valence-electron chi connectivity index (χ2n) is 4.32. The van der Waals surface area contributed by atoms with Gasteiger partial charge in [-0.25, -0.2) is 4.79 Å². The smallest absolute Gasteiger partial charge is 0.330 e. The Kier molecular flexibility index (Phi) is 2.39. The second kappa shape index (κ2) is 3.12. The highest BCUT2D eigenvalue weighted by Gasteiger charge is 2.60. The largest absolute Gasteiger partial charge is 0.481 e. The summed E-state index contributed by atoms with van der Waals surface area (Å²) in [5.74, 6) is -2.45. The average Bonchev–Trinajstić information content (AvgIpc) is 2.52. The van der Waals surface area contributed by atoms with Crippen molar-refractivity contribution in [3.05, 3.63) is 11.6 Å². The van der Waals surface area contributed by atoms with Gasteiger partial charge in [0, 0.05) is 5.57 Å². The zero-order valence-corrected chi connectivity index (χ0v) is 8.44. The van der Waals surface area contributed by atoms with Crippen LogP contribution in [0, 0.1) is 17.3 Å². The Balaban J connectivity index is 2.80. The van der Waals surface area contributed by atoms with Crippen LogP contribution in [0.1, 0.15) is 20.8 Å². The number of aliphatic carboxylic acids is 2. The first-order valence-electron chi connectivity index (χ1n) is 4.43. The molecule has 0 aromatic carbocycles. The Hall–Kier alpha value is -1.32. The Bertz CT molecular complexity index is 314. The minimum absolute atomic E-state index is 0.156. The molecule has 78 valence electrons. The van der Waals surface area contributed by atoms with Gasteiger partial charge in [0.25, 0.3) is 0 Å². The maximum absolute atomic E-state index is 10.8. The summed E-state index contributed by atoms with van der Waals surface area (Å²) in [5.41, 5.74) is -0.102. The summed E-state index contributed by atoms with van der Waals surface area (Å²) in [7, 11) is 0. The third kappa shape index (κ3) is 1.64. The second-order valence-corrected chi connectivity index (χ2v) is 4.32. The van der Waals surface area contributed by atoms with Crippen molar-refractivity contribution in [2.24, 2.45) is 17.3 Å². The van der Waals surface area contributed by atoms with Crippen LogP contribution < -0.4 is 0 Å². The third-order valence-electron chi connectivity index (χ3n) is 2.94. The number of carbonyl (C=O) groups is 2. The zero-order valence-electron chi connectivity index (χ0n) is 8.44. The summed E-state index contributed by atoms with van der Waals surface area (Å²) in [6.45, 7) is 5.15. The fourth-order valence-electron chi connectivity index (χ4n) is 1.80. The monoisotopic (exact) mass is 198 g/mol. The molecule has 2 N–H and O–H groups in total. The van der Waals surface area contributed by atoms with Crippen molar-refractivity contribution in [2.45, 2.75) is 20.8 Å². The van der Waals surface area contributed by atoms with Crippen LogP contribution in [-0.4, -0.2) is 22.2 Å². The van der Waals surface area contributed by atoms with E-state index < -0.39 is 17.9 Å². The Labute approximate surface area is 82.2 Å². The molecule has 14 heavy (non-hydrogen) atoms. The van der Waals surface area contributed by atoms with Crippen LogP contribution in [0.25, 0.3) is 0 Å². The summed E-state index contributed by atoms with van der Waals surface area (Å²) in [6, 6.07) is 0. The van der Waals surface area contributed by atoms with Gasteiger partial charge in [0.05, 0.1) is 5.92 Å². The van der Waals surface area contributed by atoms with Gasteiger partial charge in [-0.05, 0) is 18.3 Å². The summed E-state index contributed by atoms with van der Waals surface area (Å²) in [6.07, 6.45) is 1.54. The van der Waals surface area contributed by atoms with Crippen molar-refractivity contribution in [3.63, 3.8) is 0 Å². The lowest BCUT2D eigenvalue weighted by atomic mass is 10.1. The van der Waals surface area contributed by atoms with Gasteiger partial charge in [-0.2, -0.15) is 0 Å². The van der Waals surface area contributed by atoms with E-state index >= 15 is 0 Å². The lowest BCUT2D eigenvalue weighted by Gasteiger charge is -1.97. The molecular formula is C10H14O4. The Morgan fingerprint density at radius 2 is 1.79 bits per heavy atom. The van der Waals surface area contributed by atoms with Gasteiger partial charge in [-0.3, -0.25) is 4.79 Å². The van der Waals surface area contributed by atoms with Crippen molar-refractivity contribution in [3.8, 4) is 0 Å². The molecule has 4 nitrogen and oxygen atoms in total. The van der Waals surface area contributed by atoms with Crippen LogP contribution in [0.4, 0.5) is 0 Å². The van der Waals surface area contributed by atoms with Crippen molar-refractivity contribution in [1.29, 1.82) is 0 Å². The van der Waals surface area contributed by atoms with E-state index in [9.17, 15) is 9.59 Å². The molecule has 0 heterocycles. The van der Waals surface area contributed by atoms with Crippen LogP contribution in [-0.2, 0) is 9.59 Å².